The highest BCUT2D eigenvalue weighted by atomic mass is 79.9. The fourth-order valence-corrected chi connectivity index (χ4v) is 3.07. The second-order valence-electron chi connectivity index (χ2n) is 6.00. The van der Waals surface area contributed by atoms with Crippen LogP contribution in [0.5, 0.6) is 0 Å². The van der Waals surface area contributed by atoms with Gasteiger partial charge in [-0.25, -0.2) is 0 Å². The van der Waals surface area contributed by atoms with E-state index in [9.17, 15) is 9.90 Å². The molecule has 0 aromatic heterocycles. The topological polar surface area (TPSA) is 43.8 Å². The third kappa shape index (κ3) is 3.84. The van der Waals surface area contributed by atoms with E-state index in [0.717, 1.165) is 42.8 Å². The van der Waals surface area contributed by atoms with Crippen LogP contribution in [-0.4, -0.2) is 59.6 Å². The smallest absolute Gasteiger partial charge is 0.253 e. The molecule has 3 rings (SSSR count). The Morgan fingerprint density at radius 3 is 2.38 bits per heavy atom. The maximum atomic E-state index is 12.4. The number of hydrogen-bond acceptors (Lipinski definition) is 3. The van der Waals surface area contributed by atoms with Crippen LogP contribution in [0, 0.1) is 5.92 Å². The number of aliphatic hydroxyl groups excluding tert-OH is 1. The third-order valence-electron chi connectivity index (χ3n) is 4.36. The summed E-state index contributed by atoms with van der Waals surface area (Å²) >= 11 is 3.38. The van der Waals surface area contributed by atoms with Gasteiger partial charge in [-0.3, -0.25) is 9.69 Å². The standard InChI is InChI=1S/C16H21BrN2O2/c17-14-5-3-13(4-6-14)16(21)19-9-7-18(8-10-19)11-15(20)12-1-2-12/h3-6,12,15,20H,1-2,7-11H2. The molecule has 0 bridgehead atoms. The number of amides is 1. The van der Waals surface area contributed by atoms with Crippen LogP contribution in [0.2, 0.25) is 0 Å². The molecule has 1 N–H and O–H groups in total. The lowest BCUT2D eigenvalue weighted by Crippen LogP contribution is -2.50. The van der Waals surface area contributed by atoms with E-state index in [1.165, 1.54) is 12.8 Å². The Labute approximate surface area is 133 Å². The lowest BCUT2D eigenvalue weighted by atomic mass is 10.1. The van der Waals surface area contributed by atoms with Crippen molar-refractivity contribution in [2.45, 2.75) is 18.9 Å². The lowest BCUT2D eigenvalue weighted by Gasteiger charge is -2.35. The molecule has 1 unspecified atom stereocenters. The quantitative estimate of drug-likeness (QED) is 0.900. The van der Waals surface area contributed by atoms with Crippen molar-refractivity contribution < 1.29 is 9.90 Å². The average Bonchev–Trinajstić information content (AvgIpc) is 3.33. The number of β-amino-alcohol motifs (C(OH)–C–C–N with tert-alkyl or cyclic N) is 1. The van der Waals surface area contributed by atoms with Gasteiger partial charge in [-0.05, 0) is 43.0 Å². The Morgan fingerprint density at radius 1 is 1.19 bits per heavy atom. The van der Waals surface area contributed by atoms with Gasteiger partial charge in [-0.2, -0.15) is 0 Å². The number of rotatable bonds is 4. The molecule has 21 heavy (non-hydrogen) atoms. The van der Waals surface area contributed by atoms with Crippen molar-refractivity contribution in [1.82, 2.24) is 9.80 Å². The molecule has 1 aromatic carbocycles. The van der Waals surface area contributed by atoms with E-state index in [4.69, 9.17) is 0 Å². The maximum absolute atomic E-state index is 12.4. The molecule has 114 valence electrons. The minimum atomic E-state index is -0.182. The normalized spacial score (nSPS) is 21.3. The Balaban J connectivity index is 1.50. The summed E-state index contributed by atoms with van der Waals surface area (Å²) in [5, 5.41) is 9.99. The SMILES string of the molecule is O=C(c1ccc(Br)cc1)N1CCN(CC(O)C2CC2)CC1. The van der Waals surface area contributed by atoms with Gasteiger partial charge in [0.15, 0.2) is 0 Å². The van der Waals surface area contributed by atoms with Gasteiger partial charge in [-0.1, -0.05) is 15.9 Å². The van der Waals surface area contributed by atoms with E-state index >= 15 is 0 Å². The van der Waals surface area contributed by atoms with Gasteiger partial charge < -0.3 is 10.0 Å². The fraction of sp³-hybridized carbons (Fsp3) is 0.562. The molecule has 1 aromatic rings. The molecule has 1 saturated carbocycles. The summed E-state index contributed by atoms with van der Waals surface area (Å²) in [6.45, 7) is 3.95. The van der Waals surface area contributed by atoms with Crippen molar-refractivity contribution in [2.24, 2.45) is 5.92 Å². The first-order valence-electron chi connectivity index (χ1n) is 7.59. The number of piperazine rings is 1. The number of carbonyl (C=O) groups is 1. The summed E-state index contributed by atoms with van der Waals surface area (Å²) in [5.74, 6) is 0.623. The van der Waals surface area contributed by atoms with Gasteiger partial charge in [0.2, 0.25) is 0 Å². The monoisotopic (exact) mass is 352 g/mol. The summed E-state index contributed by atoms with van der Waals surface area (Å²) in [6, 6.07) is 7.51. The van der Waals surface area contributed by atoms with Gasteiger partial charge in [0.1, 0.15) is 0 Å². The number of halogens is 1. The molecular formula is C16H21BrN2O2. The molecule has 1 aliphatic heterocycles. The van der Waals surface area contributed by atoms with Crippen LogP contribution in [0.25, 0.3) is 0 Å². The fourth-order valence-electron chi connectivity index (χ4n) is 2.80. The minimum Gasteiger partial charge on any atom is -0.392 e. The van der Waals surface area contributed by atoms with Crippen LogP contribution in [-0.2, 0) is 0 Å². The highest BCUT2D eigenvalue weighted by Gasteiger charge is 2.32. The number of aliphatic hydroxyl groups is 1. The lowest BCUT2D eigenvalue weighted by molar-refractivity contribution is 0.0488. The van der Waals surface area contributed by atoms with Crippen LogP contribution in [0.15, 0.2) is 28.7 Å². The molecule has 0 spiro atoms. The van der Waals surface area contributed by atoms with E-state index in [-0.39, 0.29) is 12.0 Å². The first-order chi connectivity index (χ1) is 10.1. The Morgan fingerprint density at radius 2 is 1.81 bits per heavy atom. The van der Waals surface area contributed by atoms with Crippen LogP contribution in [0.3, 0.4) is 0 Å². The van der Waals surface area contributed by atoms with Crippen molar-refractivity contribution in [1.29, 1.82) is 0 Å². The van der Waals surface area contributed by atoms with Gasteiger partial charge in [-0.15, -0.1) is 0 Å². The largest absolute Gasteiger partial charge is 0.392 e. The number of nitrogens with zero attached hydrogens (tertiary/aromatic N) is 2. The summed E-state index contributed by atoms with van der Waals surface area (Å²) in [5.41, 5.74) is 0.740. The van der Waals surface area contributed by atoms with Crippen molar-refractivity contribution in [3.8, 4) is 0 Å². The minimum absolute atomic E-state index is 0.102. The van der Waals surface area contributed by atoms with Crippen LogP contribution in [0.4, 0.5) is 0 Å². The van der Waals surface area contributed by atoms with E-state index < -0.39 is 0 Å². The van der Waals surface area contributed by atoms with Crippen LogP contribution < -0.4 is 0 Å². The molecule has 1 amide bonds. The molecule has 2 aliphatic rings. The molecule has 1 atom stereocenters. The van der Waals surface area contributed by atoms with E-state index in [1.807, 2.05) is 29.2 Å². The molecule has 0 radical (unpaired) electrons. The zero-order chi connectivity index (χ0) is 14.8. The van der Waals surface area contributed by atoms with Crippen molar-refractivity contribution in [2.75, 3.05) is 32.7 Å². The number of carbonyl (C=O) groups excluding carboxylic acids is 1. The summed E-state index contributed by atoms with van der Waals surface area (Å²) < 4.78 is 0.984. The van der Waals surface area contributed by atoms with E-state index in [2.05, 4.69) is 20.8 Å². The molecule has 1 saturated heterocycles. The van der Waals surface area contributed by atoms with Gasteiger partial charge >= 0.3 is 0 Å². The Hall–Kier alpha value is -0.910. The molecular weight excluding hydrogens is 332 g/mol. The number of benzene rings is 1. The average molecular weight is 353 g/mol. The van der Waals surface area contributed by atoms with Crippen LogP contribution >= 0.6 is 15.9 Å². The predicted molar refractivity (Wildman–Crippen MR) is 85.2 cm³/mol. The molecule has 5 heteroatoms. The Kier molecular flexibility index (Phi) is 4.62. The van der Waals surface area contributed by atoms with Gasteiger partial charge in [0.05, 0.1) is 6.10 Å². The van der Waals surface area contributed by atoms with Gasteiger partial charge in [0.25, 0.3) is 5.91 Å². The summed E-state index contributed by atoms with van der Waals surface area (Å²) in [4.78, 5) is 16.6. The van der Waals surface area contributed by atoms with Gasteiger partial charge in [0, 0.05) is 42.8 Å². The highest BCUT2D eigenvalue weighted by Crippen LogP contribution is 2.32. The molecule has 4 nitrogen and oxygen atoms in total. The third-order valence-corrected chi connectivity index (χ3v) is 4.89. The second kappa shape index (κ2) is 6.46. The van der Waals surface area contributed by atoms with E-state index in [0.29, 0.717) is 5.92 Å². The highest BCUT2D eigenvalue weighted by molar-refractivity contribution is 9.10. The predicted octanol–water partition coefficient (Wildman–Crippen LogP) is 1.98. The van der Waals surface area contributed by atoms with Crippen molar-refractivity contribution in [3.63, 3.8) is 0 Å². The second-order valence-corrected chi connectivity index (χ2v) is 6.92. The maximum Gasteiger partial charge on any atom is 0.253 e. The first-order valence-corrected chi connectivity index (χ1v) is 8.38. The van der Waals surface area contributed by atoms with Crippen LogP contribution in [0.1, 0.15) is 23.2 Å². The molecule has 1 heterocycles. The molecule has 2 fully saturated rings. The van der Waals surface area contributed by atoms with Crippen molar-refractivity contribution in [3.05, 3.63) is 34.3 Å². The van der Waals surface area contributed by atoms with E-state index in [1.54, 1.807) is 0 Å². The van der Waals surface area contributed by atoms with Crippen molar-refractivity contribution >= 4 is 21.8 Å². The summed E-state index contributed by atoms with van der Waals surface area (Å²) in [6.07, 6.45) is 2.16. The Bertz CT molecular complexity index is 494. The molecule has 1 aliphatic carbocycles. The zero-order valence-electron chi connectivity index (χ0n) is 12.0. The first kappa shape index (κ1) is 15.0. The number of hydrogen-bond donors (Lipinski definition) is 1. The summed E-state index contributed by atoms with van der Waals surface area (Å²) in [7, 11) is 0. The zero-order valence-corrected chi connectivity index (χ0v) is 13.6.